The molecule has 10 rings (SSSR count). The number of aromatic nitrogens is 5. The Hall–Kier alpha value is -6.66. The zero-order valence-corrected chi connectivity index (χ0v) is 25.6. The number of benzene rings is 6. The normalized spacial score (nSPS) is 11.8. The van der Waals surface area contributed by atoms with Crippen LogP contribution in [-0.2, 0) is 0 Å². The quantitative estimate of drug-likeness (QED) is 0.197. The fourth-order valence-electron chi connectivity index (χ4n) is 6.87. The Balaban J connectivity index is 1.23. The lowest BCUT2D eigenvalue weighted by atomic mass is 10.1. The van der Waals surface area contributed by atoms with Gasteiger partial charge < -0.3 is 8.98 Å². The summed E-state index contributed by atoms with van der Waals surface area (Å²) in [6, 6.07) is 49.5. The van der Waals surface area contributed by atoms with Gasteiger partial charge in [0.05, 0.1) is 11.0 Å². The molecular formula is C42H25N5O. The van der Waals surface area contributed by atoms with Crippen LogP contribution in [0, 0.1) is 0 Å². The summed E-state index contributed by atoms with van der Waals surface area (Å²) < 4.78 is 8.74. The van der Waals surface area contributed by atoms with E-state index in [2.05, 4.69) is 71.3 Å². The average Bonchev–Trinajstić information content (AvgIpc) is 3.72. The fourth-order valence-corrected chi connectivity index (χ4v) is 6.87. The van der Waals surface area contributed by atoms with Crippen LogP contribution in [0.15, 0.2) is 156 Å². The first kappa shape index (κ1) is 26.5. The minimum atomic E-state index is 0.612. The second kappa shape index (κ2) is 10.4. The summed E-state index contributed by atoms with van der Waals surface area (Å²) in [5, 5.41) is 5.39. The molecule has 10 aromatic rings. The Morgan fingerprint density at radius 1 is 0.458 bits per heavy atom. The van der Waals surface area contributed by atoms with Gasteiger partial charge in [0.15, 0.2) is 23.1 Å². The lowest BCUT2D eigenvalue weighted by Gasteiger charge is -2.12. The van der Waals surface area contributed by atoms with E-state index in [4.69, 9.17) is 24.4 Å². The van der Waals surface area contributed by atoms with Crippen molar-refractivity contribution in [2.75, 3.05) is 0 Å². The minimum Gasteiger partial charge on any atom is -0.454 e. The van der Waals surface area contributed by atoms with Crippen molar-refractivity contribution in [1.29, 1.82) is 0 Å². The summed E-state index contributed by atoms with van der Waals surface area (Å²) in [6.45, 7) is 0. The third-order valence-corrected chi connectivity index (χ3v) is 9.07. The number of rotatable bonds is 4. The molecule has 0 fully saturated rings. The van der Waals surface area contributed by atoms with Crippen LogP contribution >= 0.6 is 0 Å². The fraction of sp³-hybridized carbons (Fsp3) is 0. The topological polar surface area (TPSA) is 69.6 Å². The standard InChI is InChI=1S/C42H25N5O/c1-3-12-26(13-4-1)40-44-41(27-14-5-2-6-15-27)46-42(45-40)28-16-11-17-29(24-28)47-35-20-9-7-18-30(35)34-25-43-37-33(38(34)47)23-22-32-31-19-8-10-21-36(31)48-39(32)37/h1-25H. The second-order valence-electron chi connectivity index (χ2n) is 11.9. The van der Waals surface area contributed by atoms with Crippen LogP contribution in [0.5, 0.6) is 0 Å². The van der Waals surface area contributed by atoms with Crippen LogP contribution in [0.4, 0.5) is 0 Å². The van der Waals surface area contributed by atoms with Crippen molar-refractivity contribution in [3.63, 3.8) is 0 Å². The maximum absolute atomic E-state index is 6.41. The van der Waals surface area contributed by atoms with Gasteiger partial charge in [-0.05, 0) is 36.4 Å². The Bertz CT molecular complexity index is 2780. The van der Waals surface area contributed by atoms with Crippen molar-refractivity contribution < 1.29 is 4.42 Å². The van der Waals surface area contributed by atoms with Crippen molar-refractivity contribution in [3.05, 3.63) is 152 Å². The Labute approximate surface area is 274 Å². The minimum absolute atomic E-state index is 0.612. The van der Waals surface area contributed by atoms with E-state index in [0.29, 0.717) is 17.5 Å². The highest BCUT2D eigenvalue weighted by Crippen LogP contribution is 2.40. The van der Waals surface area contributed by atoms with Crippen LogP contribution in [0.3, 0.4) is 0 Å². The second-order valence-corrected chi connectivity index (χ2v) is 11.9. The molecule has 0 radical (unpaired) electrons. The molecule has 4 aromatic heterocycles. The maximum Gasteiger partial charge on any atom is 0.164 e. The van der Waals surface area contributed by atoms with Gasteiger partial charge in [-0.25, -0.2) is 15.0 Å². The lowest BCUT2D eigenvalue weighted by molar-refractivity contribution is 0.671. The smallest absolute Gasteiger partial charge is 0.164 e. The molecule has 224 valence electrons. The molecule has 0 aliphatic rings. The zero-order chi connectivity index (χ0) is 31.6. The molecule has 0 aliphatic heterocycles. The number of furan rings is 1. The highest BCUT2D eigenvalue weighted by Gasteiger charge is 2.20. The molecule has 0 amide bonds. The van der Waals surface area contributed by atoms with Crippen LogP contribution in [0.1, 0.15) is 0 Å². The highest BCUT2D eigenvalue weighted by atomic mass is 16.3. The molecule has 6 heteroatoms. The number of hydrogen-bond acceptors (Lipinski definition) is 5. The summed E-state index contributed by atoms with van der Waals surface area (Å²) in [5.74, 6) is 1.88. The van der Waals surface area contributed by atoms with Gasteiger partial charge in [-0.3, -0.25) is 4.98 Å². The molecule has 4 heterocycles. The molecule has 0 spiro atoms. The van der Waals surface area contributed by atoms with Crippen LogP contribution in [-0.4, -0.2) is 24.5 Å². The van der Waals surface area contributed by atoms with Gasteiger partial charge in [0.1, 0.15) is 11.1 Å². The van der Waals surface area contributed by atoms with Gasteiger partial charge in [-0.1, -0.05) is 109 Å². The van der Waals surface area contributed by atoms with Crippen LogP contribution in [0.25, 0.3) is 94.5 Å². The van der Waals surface area contributed by atoms with E-state index in [0.717, 1.165) is 77.0 Å². The molecule has 0 bridgehead atoms. The van der Waals surface area contributed by atoms with Gasteiger partial charge in [-0.2, -0.15) is 0 Å². The van der Waals surface area contributed by atoms with Gasteiger partial charge >= 0.3 is 0 Å². The number of hydrogen-bond donors (Lipinski definition) is 0. The average molecular weight is 616 g/mol. The SMILES string of the molecule is c1ccc(-c2nc(-c3ccccc3)nc(-c3cccc(-n4c5ccccc5c5cnc6c(ccc7c8ccccc8oc76)c54)c3)n2)cc1. The van der Waals surface area contributed by atoms with Crippen molar-refractivity contribution in [2.45, 2.75) is 0 Å². The van der Waals surface area contributed by atoms with Gasteiger partial charge in [0.2, 0.25) is 0 Å². The van der Waals surface area contributed by atoms with Gasteiger partial charge in [0.25, 0.3) is 0 Å². The summed E-state index contributed by atoms with van der Waals surface area (Å²) in [4.78, 5) is 19.9. The molecule has 0 saturated heterocycles. The maximum atomic E-state index is 6.41. The van der Waals surface area contributed by atoms with Crippen molar-refractivity contribution in [1.82, 2.24) is 24.5 Å². The Kier molecular flexibility index (Phi) is 5.77. The summed E-state index contributed by atoms with van der Waals surface area (Å²) in [6.07, 6.45) is 1.98. The first-order valence-corrected chi connectivity index (χ1v) is 15.9. The zero-order valence-electron chi connectivity index (χ0n) is 25.6. The van der Waals surface area contributed by atoms with Crippen LogP contribution < -0.4 is 0 Å². The summed E-state index contributed by atoms with van der Waals surface area (Å²) in [7, 11) is 0. The monoisotopic (exact) mass is 615 g/mol. The molecular weight excluding hydrogens is 590 g/mol. The van der Waals surface area contributed by atoms with Crippen LogP contribution in [0.2, 0.25) is 0 Å². The molecule has 0 saturated carbocycles. The molecule has 6 nitrogen and oxygen atoms in total. The predicted molar refractivity (Wildman–Crippen MR) is 193 cm³/mol. The van der Waals surface area contributed by atoms with E-state index in [1.165, 1.54) is 0 Å². The first-order valence-electron chi connectivity index (χ1n) is 15.9. The summed E-state index contributed by atoms with van der Waals surface area (Å²) in [5.41, 5.74) is 8.44. The lowest BCUT2D eigenvalue weighted by Crippen LogP contribution is -2.01. The highest BCUT2D eigenvalue weighted by molar-refractivity contribution is 6.23. The van der Waals surface area contributed by atoms with Crippen molar-refractivity contribution >= 4 is 54.6 Å². The molecule has 0 aliphatic carbocycles. The number of para-hydroxylation sites is 2. The number of fused-ring (bicyclic) bond motifs is 9. The third kappa shape index (κ3) is 4.06. The third-order valence-electron chi connectivity index (χ3n) is 9.07. The van der Waals surface area contributed by atoms with Gasteiger partial charge in [0, 0.05) is 55.5 Å². The Morgan fingerprint density at radius 2 is 1.06 bits per heavy atom. The first-order chi connectivity index (χ1) is 23.8. The molecule has 6 aromatic carbocycles. The molecule has 0 atom stereocenters. The van der Waals surface area contributed by atoms with Crippen molar-refractivity contribution in [3.8, 4) is 39.9 Å². The van der Waals surface area contributed by atoms with E-state index in [9.17, 15) is 0 Å². The largest absolute Gasteiger partial charge is 0.454 e. The van der Waals surface area contributed by atoms with Gasteiger partial charge in [-0.15, -0.1) is 0 Å². The van der Waals surface area contributed by atoms with E-state index in [-0.39, 0.29) is 0 Å². The molecule has 0 N–H and O–H groups in total. The number of pyridine rings is 1. The Morgan fingerprint density at radius 3 is 1.81 bits per heavy atom. The van der Waals surface area contributed by atoms with E-state index in [1.54, 1.807) is 0 Å². The van der Waals surface area contributed by atoms with E-state index < -0.39 is 0 Å². The molecule has 48 heavy (non-hydrogen) atoms. The number of nitrogens with zero attached hydrogens (tertiary/aromatic N) is 5. The summed E-state index contributed by atoms with van der Waals surface area (Å²) >= 11 is 0. The van der Waals surface area contributed by atoms with E-state index in [1.807, 2.05) is 85.1 Å². The predicted octanol–water partition coefficient (Wildman–Crippen LogP) is 10.4. The van der Waals surface area contributed by atoms with E-state index >= 15 is 0 Å². The molecule has 0 unspecified atom stereocenters. The van der Waals surface area contributed by atoms with Crippen molar-refractivity contribution in [2.24, 2.45) is 0 Å².